The summed E-state index contributed by atoms with van der Waals surface area (Å²) < 4.78 is 129. The van der Waals surface area contributed by atoms with Gasteiger partial charge in [0.2, 0.25) is 12.0 Å². The Bertz CT molecular complexity index is 1770. The molecule has 3 aromatic rings. The number of carboxylic acid groups (broad SMARTS) is 1. The Morgan fingerprint density at radius 1 is 1.13 bits per heavy atom. The van der Waals surface area contributed by atoms with E-state index in [9.17, 15) is 40.6 Å². The monoisotopic (exact) mass is 662 g/mol. The molecule has 3 aliphatic heterocycles. The first-order valence-electron chi connectivity index (χ1n) is 14.0. The molecule has 248 valence electrons. The van der Waals surface area contributed by atoms with Crippen molar-refractivity contribution < 1.29 is 54.5 Å². The number of nitrogen functional groups attached to an aromatic ring is 1. The van der Waals surface area contributed by atoms with Crippen molar-refractivity contribution in [3.8, 4) is 23.1 Å². The first-order valence-corrected chi connectivity index (χ1v) is 14.0. The summed E-state index contributed by atoms with van der Waals surface area (Å²) in [4.78, 5) is 25.0. The quantitative estimate of drug-likeness (QED) is 0.253. The molecule has 0 radical (unpaired) electrons. The molecule has 5 heterocycles. The number of carboxylic acids is 1. The molecule has 3 aliphatic rings. The van der Waals surface area contributed by atoms with Crippen LogP contribution in [0.2, 0.25) is 0 Å². The van der Waals surface area contributed by atoms with E-state index in [1.54, 1.807) is 0 Å². The first kappa shape index (κ1) is 31.7. The highest BCUT2D eigenvalue weighted by molar-refractivity contribution is 5.97. The zero-order valence-electron chi connectivity index (χ0n) is 24.3. The van der Waals surface area contributed by atoms with Crippen molar-refractivity contribution in [3.63, 3.8) is 0 Å². The van der Waals surface area contributed by atoms with Gasteiger partial charge >= 0.3 is 24.3 Å². The number of piperazine rings is 1. The fourth-order valence-electron chi connectivity index (χ4n) is 6.21. The van der Waals surface area contributed by atoms with Crippen LogP contribution in [0.1, 0.15) is 37.8 Å². The van der Waals surface area contributed by atoms with E-state index in [0.29, 0.717) is 18.9 Å². The van der Waals surface area contributed by atoms with Crippen LogP contribution >= 0.6 is 0 Å². The second-order valence-electron chi connectivity index (χ2n) is 12.2. The first-order chi connectivity index (χ1) is 21.3. The summed E-state index contributed by atoms with van der Waals surface area (Å²) in [5, 5.41) is 12.1. The molecular weight excluding hydrogens is 636 g/mol. The molecule has 4 atom stereocenters. The van der Waals surface area contributed by atoms with Gasteiger partial charge in [0, 0.05) is 24.2 Å². The van der Waals surface area contributed by atoms with Crippen LogP contribution in [-0.2, 0) is 11.0 Å². The number of fused-ring (bicyclic) bond motifs is 5. The Morgan fingerprint density at radius 2 is 1.83 bits per heavy atom. The molecule has 6 rings (SSSR count). The number of halogens is 8. The van der Waals surface area contributed by atoms with Gasteiger partial charge in [-0.25, -0.2) is 13.8 Å². The number of aromatic nitrogens is 3. The number of aliphatic carboxylic acids is 1. The van der Waals surface area contributed by atoms with E-state index in [1.807, 2.05) is 0 Å². The van der Waals surface area contributed by atoms with Crippen molar-refractivity contribution in [2.45, 2.75) is 70.2 Å². The van der Waals surface area contributed by atoms with Crippen molar-refractivity contribution in [2.24, 2.45) is 5.41 Å². The minimum absolute atomic E-state index is 0.0436. The van der Waals surface area contributed by atoms with Crippen LogP contribution in [0.3, 0.4) is 0 Å². The lowest BCUT2D eigenvalue weighted by atomic mass is 9.95. The van der Waals surface area contributed by atoms with Gasteiger partial charge < -0.3 is 30.5 Å². The maximum Gasteiger partial charge on any atom is 0.427 e. The van der Waals surface area contributed by atoms with Gasteiger partial charge in [-0.05, 0) is 45.2 Å². The molecule has 2 aromatic heterocycles. The Hall–Kier alpha value is -4.22. The van der Waals surface area contributed by atoms with Gasteiger partial charge in [-0.2, -0.15) is 36.3 Å². The normalized spacial score (nSPS) is 22.8. The zero-order chi connectivity index (χ0) is 33.7. The number of ether oxygens (including phenoxy) is 2. The van der Waals surface area contributed by atoms with Gasteiger partial charge in [-0.15, -0.1) is 0 Å². The van der Waals surface area contributed by atoms with Gasteiger partial charge in [-0.1, -0.05) is 0 Å². The molecule has 0 aliphatic carbocycles. The van der Waals surface area contributed by atoms with Gasteiger partial charge in [-0.3, -0.25) is 4.79 Å². The molecule has 4 N–H and O–H groups in total. The number of carbonyl (C=O) groups is 1. The van der Waals surface area contributed by atoms with Crippen LogP contribution in [0.4, 0.5) is 46.6 Å². The smallest absolute Gasteiger partial charge is 0.427 e. The number of nitrogens with one attached hydrogen (secondary N) is 1. The molecule has 46 heavy (non-hydrogen) atoms. The van der Waals surface area contributed by atoms with Crippen LogP contribution in [0.15, 0.2) is 6.07 Å². The highest BCUT2D eigenvalue weighted by atomic mass is 19.4. The van der Waals surface area contributed by atoms with E-state index in [1.165, 1.54) is 18.7 Å². The number of anilines is 2. The number of nitrogens with zero attached hydrogens (tertiary/aromatic N) is 4. The standard InChI is InChI=1S/C28H26F8N6O4/c1-9-15(27(31,32)33)11(6-12(37)16(9)29)18-17(30)19-14-22(41-25(40-19)45-8-26(2,3)24(43)44)42-7-10-4-5-13(38-10)20(42)21(28(34,35)36)46-23(14)39-18/h6,10,13,20-21,38H,4-5,7-8,37H2,1-3H3,(H,43,44)/t10-,13+,20+,21-/m1/s1. The number of hydrogen-bond acceptors (Lipinski definition) is 9. The summed E-state index contributed by atoms with van der Waals surface area (Å²) in [6.45, 7) is 2.76. The molecule has 0 unspecified atom stereocenters. The third-order valence-corrected chi connectivity index (χ3v) is 8.53. The van der Waals surface area contributed by atoms with Crippen molar-refractivity contribution in [1.29, 1.82) is 0 Å². The van der Waals surface area contributed by atoms with Crippen molar-refractivity contribution in [2.75, 3.05) is 23.8 Å². The van der Waals surface area contributed by atoms with Crippen molar-refractivity contribution >= 4 is 28.4 Å². The number of nitrogens with two attached hydrogens (primary N) is 1. The van der Waals surface area contributed by atoms with Gasteiger partial charge in [0.25, 0.3) is 0 Å². The summed E-state index contributed by atoms with van der Waals surface area (Å²) >= 11 is 0. The zero-order valence-corrected chi connectivity index (χ0v) is 24.3. The average molecular weight is 663 g/mol. The SMILES string of the molecule is Cc1c(F)c(N)cc(-c2nc3c4c(nc(OCC(C)(C)C(=O)O)nc4c2F)N2C[C@H]4CC[C@H](N4)[C@H]2[C@H](C(F)(F)F)O3)c1C(F)(F)F. The maximum absolute atomic E-state index is 16.5. The highest BCUT2D eigenvalue weighted by Gasteiger charge is 2.57. The molecule has 2 saturated heterocycles. The summed E-state index contributed by atoms with van der Waals surface area (Å²) in [5.41, 5.74) is -2.41. The third kappa shape index (κ3) is 5.06. The van der Waals surface area contributed by atoms with Crippen LogP contribution < -0.4 is 25.4 Å². The molecule has 18 heteroatoms. The van der Waals surface area contributed by atoms with E-state index in [0.717, 1.165) is 6.92 Å². The maximum atomic E-state index is 16.5. The lowest BCUT2D eigenvalue weighted by Gasteiger charge is -2.43. The molecule has 2 fully saturated rings. The number of benzene rings is 1. The fraction of sp³-hybridized carbons (Fsp3) is 0.500. The van der Waals surface area contributed by atoms with Crippen LogP contribution in [-0.4, -0.2) is 69.6 Å². The van der Waals surface area contributed by atoms with Crippen LogP contribution in [0.5, 0.6) is 11.9 Å². The molecule has 0 amide bonds. The molecular formula is C28H26F8N6O4. The van der Waals surface area contributed by atoms with Crippen LogP contribution in [0, 0.1) is 24.0 Å². The Balaban J connectivity index is 1.67. The minimum Gasteiger partial charge on any atom is -0.481 e. The van der Waals surface area contributed by atoms with Crippen LogP contribution in [0.25, 0.3) is 22.2 Å². The predicted molar refractivity (Wildman–Crippen MR) is 145 cm³/mol. The highest BCUT2D eigenvalue weighted by Crippen LogP contribution is 2.49. The summed E-state index contributed by atoms with van der Waals surface area (Å²) in [6.07, 6.45) is -12.1. The Morgan fingerprint density at radius 3 is 2.46 bits per heavy atom. The number of alkyl halides is 6. The molecule has 0 saturated carbocycles. The van der Waals surface area contributed by atoms with E-state index in [4.69, 9.17) is 15.2 Å². The van der Waals surface area contributed by atoms with E-state index >= 15 is 4.39 Å². The summed E-state index contributed by atoms with van der Waals surface area (Å²) in [6, 6.07) is -2.71. The number of rotatable bonds is 5. The molecule has 10 nitrogen and oxygen atoms in total. The number of pyridine rings is 1. The van der Waals surface area contributed by atoms with Crippen molar-refractivity contribution in [3.05, 3.63) is 28.8 Å². The van der Waals surface area contributed by atoms with Crippen molar-refractivity contribution in [1.82, 2.24) is 20.3 Å². The minimum atomic E-state index is -5.28. The largest absolute Gasteiger partial charge is 0.481 e. The topological polar surface area (TPSA) is 136 Å². The van der Waals surface area contributed by atoms with Gasteiger partial charge in [0.15, 0.2) is 5.82 Å². The van der Waals surface area contributed by atoms with E-state index < -0.39 is 111 Å². The second kappa shape index (κ2) is 10.4. The molecule has 2 bridgehead atoms. The van der Waals surface area contributed by atoms with E-state index in [-0.39, 0.29) is 18.4 Å². The second-order valence-corrected chi connectivity index (χ2v) is 12.2. The summed E-state index contributed by atoms with van der Waals surface area (Å²) in [5.74, 6) is -5.45. The predicted octanol–water partition coefficient (Wildman–Crippen LogP) is 5.00. The number of hydrogen-bond donors (Lipinski definition) is 3. The van der Waals surface area contributed by atoms with E-state index in [2.05, 4.69) is 20.3 Å². The third-order valence-electron chi connectivity index (χ3n) is 8.53. The lowest BCUT2D eigenvalue weighted by molar-refractivity contribution is -0.203. The van der Waals surface area contributed by atoms with Gasteiger partial charge in [0.1, 0.15) is 34.8 Å². The average Bonchev–Trinajstić information content (AvgIpc) is 3.26. The molecule has 0 spiro atoms. The van der Waals surface area contributed by atoms with Gasteiger partial charge in [0.05, 0.1) is 22.7 Å². The fourth-order valence-corrected chi connectivity index (χ4v) is 6.21. The Kier molecular flexibility index (Phi) is 7.18. The summed E-state index contributed by atoms with van der Waals surface area (Å²) in [7, 11) is 0. The molecule has 1 aromatic carbocycles. The lowest BCUT2D eigenvalue weighted by Crippen LogP contribution is -2.66. The Labute approximate surface area is 254 Å².